The van der Waals surface area contributed by atoms with Gasteiger partial charge in [-0.2, -0.15) is 0 Å². The number of rotatable bonds is 8. The van der Waals surface area contributed by atoms with Crippen molar-refractivity contribution in [3.63, 3.8) is 0 Å². The summed E-state index contributed by atoms with van der Waals surface area (Å²) in [5.74, 6) is 7.34. The molecule has 1 nitrogen and oxygen atoms in total. The van der Waals surface area contributed by atoms with Crippen molar-refractivity contribution in [2.75, 3.05) is 0 Å². The first kappa shape index (κ1) is 22.6. The molecular formula is C30H33N. The van der Waals surface area contributed by atoms with E-state index in [1.807, 2.05) is 42.6 Å². The Kier molecular flexibility index (Phi) is 8.25. The maximum Gasteiger partial charge on any atom is 0.113 e. The van der Waals surface area contributed by atoms with E-state index in [1.54, 1.807) is 0 Å². The van der Waals surface area contributed by atoms with Crippen LogP contribution in [0.2, 0.25) is 0 Å². The summed E-state index contributed by atoms with van der Waals surface area (Å²) in [6.45, 7) is 11.2. The molecule has 0 N–H and O–H groups in total. The number of aryl methyl sites for hydroxylation is 1. The van der Waals surface area contributed by atoms with Crippen molar-refractivity contribution in [2.45, 2.75) is 52.4 Å². The van der Waals surface area contributed by atoms with Crippen LogP contribution < -0.4 is 0 Å². The van der Waals surface area contributed by atoms with Crippen LogP contribution in [0.1, 0.15) is 67.5 Å². The van der Waals surface area contributed by atoms with Gasteiger partial charge in [0.05, 0.1) is 0 Å². The van der Waals surface area contributed by atoms with Crippen LogP contribution in [-0.4, -0.2) is 4.98 Å². The molecule has 0 aliphatic carbocycles. The van der Waals surface area contributed by atoms with Gasteiger partial charge in [0, 0.05) is 11.8 Å². The monoisotopic (exact) mass is 407 g/mol. The van der Waals surface area contributed by atoms with E-state index >= 15 is 0 Å². The van der Waals surface area contributed by atoms with E-state index < -0.39 is 0 Å². The zero-order chi connectivity index (χ0) is 22.1. The van der Waals surface area contributed by atoms with Crippen molar-refractivity contribution >= 4 is 0 Å². The Morgan fingerprint density at radius 1 is 0.903 bits per heavy atom. The van der Waals surface area contributed by atoms with Crippen molar-refractivity contribution in [1.82, 2.24) is 4.98 Å². The number of allylic oxidation sites excluding steroid dienone is 1. The number of benzene rings is 2. The van der Waals surface area contributed by atoms with Gasteiger partial charge in [0.1, 0.15) is 5.69 Å². The van der Waals surface area contributed by atoms with Gasteiger partial charge in [-0.25, -0.2) is 4.98 Å². The number of hydrogen-bond donors (Lipinski definition) is 0. The van der Waals surface area contributed by atoms with E-state index in [4.69, 9.17) is 0 Å². The molecular weight excluding hydrogens is 374 g/mol. The molecule has 0 spiro atoms. The number of hydrogen-bond acceptors (Lipinski definition) is 1. The second-order valence-corrected chi connectivity index (χ2v) is 8.39. The van der Waals surface area contributed by atoms with Crippen LogP contribution in [0.5, 0.6) is 0 Å². The quantitative estimate of drug-likeness (QED) is 0.281. The first-order chi connectivity index (χ1) is 15.1. The van der Waals surface area contributed by atoms with Gasteiger partial charge in [0.25, 0.3) is 0 Å². The van der Waals surface area contributed by atoms with Crippen molar-refractivity contribution in [3.8, 4) is 11.8 Å². The Hall–Kier alpha value is -3.11. The van der Waals surface area contributed by atoms with Gasteiger partial charge >= 0.3 is 0 Å². The largest absolute Gasteiger partial charge is 0.247 e. The molecule has 0 unspecified atom stereocenters. The molecule has 0 radical (unpaired) electrons. The van der Waals surface area contributed by atoms with Crippen LogP contribution in [0.3, 0.4) is 0 Å². The van der Waals surface area contributed by atoms with E-state index in [2.05, 4.69) is 74.5 Å². The van der Waals surface area contributed by atoms with Gasteiger partial charge in [-0.1, -0.05) is 87.4 Å². The van der Waals surface area contributed by atoms with E-state index in [1.165, 1.54) is 22.3 Å². The molecule has 3 rings (SSSR count). The lowest BCUT2D eigenvalue weighted by atomic mass is 9.81. The summed E-state index contributed by atoms with van der Waals surface area (Å²) in [4.78, 5) is 4.61. The van der Waals surface area contributed by atoms with Gasteiger partial charge in [0.15, 0.2) is 0 Å². The van der Waals surface area contributed by atoms with E-state index in [0.717, 1.165) is 36.9 Å². The minimum absolute atomic E-state index is 0.475. The lowest BCUT2D eigenvalue weighted by Gasteiger charge is -2.24. The van der Waals surface area contributed by atoms with Gasteiger partial charge in [0.2, 0.25) is 0 Å². The zero-order valence-corrected chi connectivity index (χ0v) is 19.1. The molecule has 0 saturated heterocycles. The first-order valence-electron chi connectivity index (χ1n) is 11.4. The molecule has 1 heteroatoms. The molecule has 0 aliphatic rings. The summed E-state index contributed by atoms with van der Waals surface area (Å²) in [7, 11) is 0. The lowest BCUT2D eigenvalue weighted by molar-refractivity contribution is 0.440. The molecule has 2 atom stereocenters. The zero-order valence-electron chi connectivity index (χ0n) is 19.1. The standard InChI is InChI=1S/C30H33N/c1-5-25-12-14-27(15-13-25)21-23(3)20-24(4)30(6-2)28-17-19-29(31-22-28)18-16-26-10-8-7-9-11-26/h7-15,17,19,22,24,30H,3,5-6,20-21H2,1-2,4H3/t24-,30-/m0/s1. The molecule has 1 heterocycles. The van der Waals surface area contributed by atoms with Crippen LogP contribution in [0.15, 0.2) is 85.1 Å². The molecule has 0 amide bonds. The Bertz CT molecular complexity index is 1020. The Morgan fingerprint density at radius 3 is 2.23 bits per heavy atom. The van der Waals surface area contributed by atoms with Crippen LogP contribution in [0.25, 0.3) is 0 Å². The predicted molar refractivity (Wildman–Crippen MR) is 132 cm³/mol. The molecule has 0 fully saturated rings. The van der Waals surface area contributed by atoms with Crippen LogP contribution in [0.4, 0.5) is 0 Å². The number of nitrogens with zero attached hydrogens (tertiary/aromatic N) is 1. The summed E-state index contributed by atoms with van der Waals surface area (Å²) in [6, 6.07) is 23.2. The molecule has 1 aromatic heterocycles. The van der Waals surface area contributed by atoms with Crippen LogP contribution in [-0.2, 0) is 12.8 Å². The maximum absolute atomic E-state index is 4.61. The van der Waals surface area contributed by atoms with Gasteiger partial charge in [-0.15, -0.1) is 0 Å². The molecule has 3 aromatic rings. The molecule has 0 saturated carbocycles. The highest BCUT2D eigenvalue weighted by molar-refractivity contribution is 5.40. The molecule has 0 bridgehead atoms. The third kappa shape index (κ3) is 6.69. The average molecular weight is 408 g/mol. The Morgan fingerprint density at radius 2 is 1.61 bits per heavy atom. The molecule has 158 valence electrons. The third-order valence-electron chi connectivity index (χ3n) is 5.95. The average Bonchev–Trinajstić information content (AvgIpc) is 2.80. The fourth-order valence-electron chi connectivity index (χ4n) is 4.17. The fraction of sp³-hybridized carbons (Fsp3) is 0.300. The summed E-state index contributed by atoms with van der Waals surface area (Å²) < 4.78 is 0. The van der Waals surface area contributed by atoms with Crippen molar-refractivity contribution < 1.29 is 0 Å². The van der Waals surface area contributed by atoms with E-state index in [-0.39, 0.29) is 0 Å². The second-order valence-electron chi connectivity index (χ2n) is 8.39. The molecule has 31 heavy (non-hydrogen) atoms. The van der Waals surface area contributed by atoms with E-state index in [9.17, 15) is 0 Å². The van der Waals surface area contributed by atoms with Crippen molar-refractivity contribution in [1.29, 1.82) is 0 Å². The van der Waals surface area contributed by atoms with E-state index in [0.29, 0.717) is 11.8 Å². The third-order valence-corrected chi connectivity index (χ3v) is 5.95. The van der Waals surface area contributed by atoms with Crippen molar-refractivity contribution in [2.24, 2.45) is 5.92 Å². The minimum atomic E-state index is 0.475. The number of pyridine rings is 1. The fourth-order valence-corrected chi connectivity index (χ4v) is 4.17. The SMILES string of the molecule is C=C(Cc1ccc(CC)cc1)C[C@H](C)[C@H](CC)c1ccc(C#Cc2ccccc2)nc1. The minimum Gasteiger partial charge on any atom is -0.247 e. The molecule has 2 aromatic carbocycles. The number of aromatic nitrogens is 1. The maximum atomic E-state index is 4.61. The van der Waals surface area contributed by atoms with Crippen molar-refractivity contribution in [3.05, 3.63) is 113 Å². The highest BCUT2D eigenvalue weighted by Crippen LogP contribution is 2.32. The normalized spacial score (nSPS) is 12.5. The smallest absolute Gasteiger partial charge is 0.113 e. The van der Waals surface area contributed by atoms with Gasteiger partial charge in [-0.05, 0) is 78.3 Å². The van der Waals surface area contributed by atoms with Crippen LogP contribution in [0, 0.1) is 17.8 Å². The summed E-state index contributed by atoms with van der Waals surface area (Å²) in [5, 5.41) is 0. The van der Waals surface area contributed by atoms with Crippen LogP contribution >= 0.6 is 0 Å². The van der Waals surface area contributed by atoms with Gasteiger partial charge < -0.3 is 0 Å². The summed E-state index contributed by atoms with van der Waals surface area (Å²) in [6.07, 6.45) is 6.17. The predicted octanol–water partition coefficient (Wildman–Crippen LogP) is 7.36. The lowest BCUT2D eigenvalue weighted by Crippen LogP contribution is -2.11. The first-order valence-corrected chi connectivity index (χ1v) is 11.4. The summed E-state index contributed by atoms with van der Waals surface area (Å²) >= 11 is 0. The summed E-state index contributed by atoms with van der Waals surface area (Å²) in [5.41, 5.74) is 7.16. The topological polar surface area (TPSA) is 12.9 Å². The van der Waals surface area contributed by atoms with Gasteiger partial charge in [-0.3, -0.25) is 0 Å². The Balaban J connectivity index is 1.61. The highest BCUT2D eigenvalue weighted by Gasteiger charge is 2.19. The molecule has 0 aliphatic heterocycles. The second kappa shape index (κ2) is 11.3. The Labute approximate surface area is 188 Å². The highest BCUT2D eigenvalue weighted by atomic mass is 14.7.